The predicted molar refractivity (Wildman–Crippen MR) is 77.2 cm³/mol. The van der Waals surface area contributed by atoms with Crippen LogP contribution in [0.4, 0.5) is 4.39 Å². The molecule has 4 aromatic rings. The molecule has 0 aliphatic rings. The molecular weight excluding hydrogens is 283 g/mol. The van der Waals surface area contributed by atoms with Gasteiger partial charge in [0, 0.05) is 29.7 Å². The van der Waals surface area contributed by atoms with Crippen LogP contribution in [0.15, 0.2) is 55.2 Å². The molecule has 6 nitrogen and oxygen atoms in total. The van der Waals surface area contributed by atoms with Crippen molar-refractivity contribution in [2.24, 2.45) is 0 Å². The van der Waals surface area contributed by atoms with Gasteiger partial charge in [-0.3, -0.25) is 4.98 Å². The number of rotatable bonds is 2. The minimum atomic E-state index is -0.526. The molecule has 0 atom stereocenters. The van der Waals surface area contributed by atoms with E-state index >= 15 is 0 Å². The molecule has 0 radical (unpaired) electrons. The lowest BCUT2D eigenvalue weighted by atomic mass is 10.1. The summed E-state index contributed by atoms with van der Waals surface area (Å²) in [6.45, 7) is 0. The van der Waals surface area contributed by atoms with Gasteiger partial charge in [0.05, 0.1) is 11.4 Å². The molecule has 0 saturated carbocycles. The first kappa shape index (κ1) is 12.5. The molecule has 0 aliphatic carbocycles. The van der Waals surface area contributed by atoms with Crippen LogP contribution < -0.4 is 0 Å². The lowest BCUT2D eigenvalue weighted by Crippen LogP contribution is -1.99. The normalized spacial score (nSPS) is 11.0. The third kappa shape index (κ3) is 2.08. The number of hydrogen-bond donors (Lipinski definition) is 0. The van der Waals surface area contributed by atoms with Crippen molar-refractivity contribution in [3.8, 4) is 22.5 Å². The second-order valence-electron chi connectivity index (χ2n) is 4.60. The SMILES string of the molecule is Fc1ccc(-c2cc(-c3ccncc3)n3ncnc3n2)cn1. The van der Waals surface area contributed by atoms with Gasteiger partial charge in [0.25, 0.3) is 5.78 Å². The molecule has 4 rings (SSSR count). The van der Waals surface area contributed by atoms with Crippen molar-refractivity contribution in [1.82, 2.24) is 29.5 Å². The summed E-state index contributed by atoms with van der Waals surface area (Å²) in [5, 5.41) is 4.19. The summed E-state index contributed by atoms with van der Waals surface area (Å²) in [5.74, 6) is -0.0599. The highest BCUT2D eigenvalue weighted by Crippen LogP contribution is 2.24. The van der Waals surface area contributed by atoms with Gasteiger partial charge >= 0.3 is 0 Å². The average Bonchev–Trinajstić information content (AvgIpc) is 3.04. The molecule has 106 valence electrons. The Labute approximate surface area is 124 Å². The van der Waals surface area contributed by atoms with Crippen molar-refractivity contribution < 1.29 is 4.39 Å². The maximum atomic E-state index is 13.0. The first-order chi connectivity index (χ1) is 10.8. The molecule has 22 heavy (non-hydrogen) atoms. The summed E-state index contributed by atoms with van der Waals surface area (Å²) in [6.07, 6.45) is 6.30. The molecule has 0 spiro atoms. The molecular formula is C15H9FN6. The number of halogens is 1. The zero-order valence-electron chi connectivity index (χ0n) is 11.3. The highest BCUT2D eigenvalue weighted by molar-refractivity contribution is 5.69. The van der Waals surface area contributed by atoms with Crippen LogP contribution in [0.5, 0.6) is 0 Å². The Morgan fingerprint density at radius 3 is 2.59 bits per heavy atom. The van der Waals surface area contributed by atoms with Crippen molar-refractivity contribution in [3.05, 3.63) is 61.2 Å². The van der Waals surface area contributed by atoms with E-state index in [4.69, 9.17) is 0 Å². The Morgan fingerprint density at radius 1 is 0.955 bits per heavy atom. The number of aromatic nitrogens is 6. The van der Waals surface area contributed by atoms with Crippen LogP contribution in [0.1, 0.15) is 0 Å². The minimum Gasteiger partial charge on any atom is -0.265 e. The Morgan fingerprint density at radius 2 is 1.82 bits per heavy atom. The van der Waals surface area contributed by atoms with Crippen LogP contribution >= 0.6 is 0 Å². The third-order valence-electron chi connectivity index (χ3n) is 3.25. The van der Waals surface area contributed by atoms with Crippen LogP contribution in [0.3, 0.4) is 0 Å². The Bertz CT molecular complexity index is 933. The maximum absolute atomic E-state index is 13.0. The minimum absolute atomic E-state index is 0.466. The van der Waals surface area contributed by atoms with Gasteiger partial charge in [-0.1, -0.05) is 0 Å². The summed E-state index contributed by atoms with van der Waals surface area (Å²) in [4.78, 5) is 16.3. The van der Waals surface area contributed by atoms with Gasteiger partial charge < -0.3 is 0 Å². The number of fused-ring (bicyclic) bond motifs is 1. The van der Waals surface area contributed by atoms with Gasteiger partial charge in [0.1, 0.15) is 6.33 Å². The van der Waals surface area contributed by atoms with Gasteiger partial charge in [-0.05, 0) is 30.3 Å². The highest BCUT2D eigenvalue weighted by atomic mass is 19.1. The van der Waals surface area contributed by atoms with E-state index in [1.165, 1.54) is 18.6 Å². The van der Waals surface area contributed by atoms with Crippen LogP contribution in [-0.2, 0) is 0 Å². The van der Waals surface area contributed by atoms with Crippen LogP contribution in [0, 0.1) is 5.95 Å². The predicted octanol–water partition coefficient (Wildman–Crippen LogP) is 2.39. The Hall–Kier alpha value is -3.22. The summed E-state index contributed by atoms with van der Waals surface area (Å²) >= 11 is 0. The van der Waals surface area contributed by atoms with E-state index < -0.39 is 5.95 Å². The monoisotopic (exact) mass is 292 g/mol. The summed E-state index contributed by atoms with van der Waals surface area (Å²) in [7, 11) is 0. The summed E-state index contributed by atoms with van der Waals surface area (Å²) < 4.78 is 14.6. The fourth-order valence-corrected chi connectivity index (χ4v) is 2.22. The van der Waals surface area contributed by atoms with Crippen molar-refractivity contribution in [3.63, 3.8) is 0 Å². The lowest BCUT2D eigenvalue weighted by molar-refractivity contribution is 0.584. The van der Waals surface area contributed by atoms with Gasteiger partial charge in [-0.2, -0.15) is 19.0 Å². The second kappa shape index (κ2) is 4.96. The second-order valence-corrected chi connectivity index (χ2v) is 4.60. The van der Waals surface area contributed by atoms with E-state index in [-0.39, 0.29) is 0 Å². The van der Waals surface area contributed by atoms with Gasteiger partial charge in [0.15, 0.2) is 0 Å². The maximum Gasteiger partial charge on any atom is 0.253 e. The highest BCUT2D eigenvalue weighted by Gasteiger charge is 2.11. The van der Waals surface area contributed by atoms with Gasteiger partial charge in [0.2, 0.25) is 5.95 Å². The summed E-state index contributed by atoms with van der Waals surface area (Å²) in [5.41, 5.74) is 3.12. The molecule has 0 saturated heterocycles. The first-order valence-electron chi connectivity index (χ1n) is 6.54. The molecule has 0 aromatic carbocycles. The molecule has 7 heteroatoms. The molecule has 4 aromatic heterocycles. The molecule has 0 N–H and O–H groups in total. The topological polar surface area (TPSA) is 68.9 Å². The Balaban J connectivity index is 1.96. The van der Waals surface area contributed by atoms with Crippen molar-refractivity contribution >= 4 is 5.78 Å². The molecule has 0 aliphatic heterocycles. The average molecular weight is 292 g/mol. The van der Waals surface area contributed by atoms with E-state index in [0.29, 0.717) is 17.0 Å². The zero-order chi connectivity index (χ0) is 14.9. The van der Waals surface area contributed by atoms with Crippen LogP contribution in [0.2, 0.25) is 0 Å². The Kier molecular flexibility index (Phi) is 2.82. The van der Waals surface area contributed by atoms with Crippen molar-refractivity contribution in [2.45, 2.75) is 0 Å². The molecule has 0 amide bonds. The fraction of sp³-hybridized carbons (Fsp3) is 0. The molecule has 0 unspecified atom stereocenters. The van der Waals surface area contributed by atoms with Crippen LogP contribution in [0.25, 0.3) is 28.3 Å². The van der Waals surface area contributed by atoms with E-state index in [0.717, 1.165) is 11.3 Å². The van der Waals surface area contributed by atoms with Crippen LogP contribution in [-0.4, -0.2) is 29.5 Å². The van der Waals surface area contributed by atoms with E-state index in [1.54, 1.807) is 23.0 Å². The summed E-state index contributed by atoms with van der Waals surface area (Å²) in [6, 6.07) is 8.56. The fourth-order valence-electron chi connectivity index (χ4n) is 2.22. The van der Waals surface area contributed by atoms with Gasteiger partial charge in [-0.15, -0.1) is 0 Å². The van der Waals surface area contributed by atoms with E-state index in [1.807, 2.05) is 18.2 Å². The standard InChI is InChI=1S/C15H9FN6/c16-14-2-1-11(8-18-14)12-7-13(10-3-5-17-6-4-10)22-15(21-12)19-9-20-22/h1-9H. The van der Waals surface area contributed by atoms with Crippen molar-refractivity contribution in [1.29, 1.82) is 0 Å². The molecule has 0 fully saturated rings. The molecule has 0 bridgehead atoms. The lowest BCUT2D eigenvalue weighted by Gasteiger charge is -2.07. The first-order valence-corrected chi connectivity index (χ1v) is 6.54. The van der Waals surface area contributed by atoms with Crippen molar-refractivity contribution in [2.75, 3.05) is 0 Å². The number of pyridine rings is 2. The number of nitrogens with zero attached hydrogens (tertiary/aromatic N) is 6. The molecule has 4 heterocycles. The largest absolute Gasteiger partial charge is 0.265 e. The van der Waals surface area contributed by atoms with E-state index in [2.05, 4.69) is 25.0 Å². The number of hydrogen-bond acceptors (Lipinski definition) is 5. The van der Waals surface area contributed by atoms with Gasteiger partial charge in [-0.25, -0.2) is 9.97 Å². The van der Waals surface area contributed by atoms with E-state index in [9.17, 15) is 4.39 Å². The third-order valence-corrected chi connectivity index (χ3v) is 3.25. The quantitative estimate of drug-likeness (QED) is 0.531. The smallest absolute Gasteiger partial charge is 0.253 e. The zero-order valence-corrected chi connectivity index (χ0v) is 11.3.